The van der Waals surface area contributed by atoms with Crippen LogP contribution in [0.15, 0.2) is 60.7 Å². The van der Waals surface area contributed by atoms with E-state index in [2.05, 4.69) is 23.5 Å². The van der Waals surface area contributed by atoms with Gasteiger partial charge in [0.2, 0.25) is 0 Å². The van der Waals surface area contributed by atoms with Crippen LogP contribution in [0, 0.1) is 6.92 Å². The molecule has 0 atom stereocenters. The molecule has 2 heterocycles. The number of aromatic hydroxyl groups is 1. The first-order chi connectivity index (χ1) is 15.5. The number of aromatic nitrogens is 1. The summed E-state index contributed by atoms with van der Waals surface area (Å²) in [6, 6.07) is 18.9. The number of nitrogens with one attached hydrogen (secondary N) is 1. The Balaban J connectivity index is 1.75. The molecule has 1 aliphatic heterocycles. The molecule has 6 heteroatoms. The number of benzene rings is 3. The van der Waals surface area contributed by atoms with Gasteiger partial charge in [0.1, 0.15) is 16.7 Å². The number of phenolic OH excluding ortho intramolecular Hbond substituents is 1. The van der Waals surface area contributed by atoms with Crippen molar-refractivity contribution in [3.05, 3.63) is 88.1 Å². The zero-order valence-electron chi connectivity index (χ0n) is 17.6. The molecule has 0 aliphatic carbocycles. The number of carbonyl (C=O) groups excluding carboxylic acids is 1. The Hall–Kier alpha value is -3.70. The maximum atomic E-state index is 12.7. The second-order valence-electron chi connectivity index (χ2n) is 7.86. The number of fused-ring (bicyclic) bond motifs is 2. The summed E-state index contributed by atoms with van der Waals surface area (Å²) in [5.74, 6) is 0.616. The van der Waals surface area contributed by atoms with Gasteiger partial charge in [-0.2, -0.15) is 0 Å². The quantitative estimate of drug-likeness (QED) is 0.306. The first kappa shape index (κ1) is 20.2. The molecular weight excluding hydrogens is 424 g/mol. The summed E-state index contributed by atoms with van der Waals surface area (Å²) in [4.78, 5) is 12.7. The number of halogens is 1. The fourth-order valence-corrected chi connectivity index (χ4v) is 4.52. The monoisotopic (exact) mass is 444 g/mol. The normalized spacial score (nSPS) is 14.1. The molecular formula is C26H21ClN2O3. The van der Waals surface area contributed by atoms with Crippen molar-refractivity contribution in [1.29, 1.82) is 0 Å². The predicted octanol–water partition coefficient (Wildman–Crippen LogP) is 5.86. The molecule has 160 valence electrons. The molecule has 2 N–H and O–H groups in total. The van der Waals surface area contributed by atoms with Gasteiger partial charge in [0.25, 0.3) is 5.91 Å². The number of nitrogens with zero attached hydrogens (tertiary/aromatic N) is 1. The highest BCUT2D eigenvalue weighted by atomic mass is 35.5. The summed E-state index contributed by atoms with van der Waals surface area (Å²) in [5, 5.41) is 14.2. The number of carbonyl (C=O) groups is 1. The summed E-state index contributed by atoms with van der Waals surface area (Å²) in [5.41, 5.74) is 5.57. The lowest BCUT2D eigenvalue weighted by Gasteiger charge is -2.09. The lowest BCUT2D eigenvalue weighted by Crippen LogP contribution is -2.03. The van der Waals surface area contributed by atoms with E-state index in [1.54, 1.807) is 31.4 Å². The predicted molar refractivity (Wildman–Crippen MR) is 128 cm³/mol. The van der Waals surface area contributed by atoms with Crippen molar-refractivity contribution in [1.82, 2.24) is 4.57 Å². The van der Waals surface area contributed by atoms with Gasteiger partial charge in [-0.1, -0.05) is 41.9 Å². The minimum atomic E-state index is -0.232. The van der Waals surface area contributed by atoms with E-state index in [9.17, 15) is 9.90 Å². The Bertz CT molecular complexity index is 1400. The molecule has 0 unspecified atom stereocenters. The van der Waals surface area contributed by atoms with Crippen LogP contribution in [0.1, 0.15) is 22.3 Å². The Labute approximate surface area is 190 Å². The van der Waals surface area contributed by atoms with E-state index >= 15 is 0 Å². The fraction of sp³-hybridized carbons (Fsp3) is 0.115. The third-order valence-electron chi connectivity index (χ3n) is 5.81. The Kier molecular flexibility index (Phi) is 4.91. The molecule has 0 fully saturated rings. The highest BCUT2D eigenvalue weighted by Gasteiger charge is 2.26. The van der Waals surface area contributed by atoms with E-state index in [4.69, 9.17) is 16.3 Å². The van der Waals surface area contributed by atoms with Gasteiger partial charge in [-0.15, -0.1) is 0 Å². The molecule has 1 amide bonds. The molecule has 32 heavy (non-hydrogen) atoms. The van der Waals surface area contributed by atoms with E-state index in [-0.39, 0.29) is 11.7 Å². The molecule has 0 saturated heterocycles. The number of hydrogen-bond donors (Lipinski definition) is 2. The third-order valence-corrected chi connectivity index (χ3v) is 6.22. The van der Waals surface area contributed by atoms with Crippen molar-refractivity contribution in [2.24, 2.45) is 0 Å². The van der Waals surface area contributed by atoms with Crippen LogP contribution in [0.3, 0.4) is 0 Å². The lowest BCUT2D eigenvalue weighted by molar-refractivity contribution is -0.110. The molecule has 3 aromatic carbocycles. The molecule has 5 nitrogen and oxygen atoms in total. The zero-order valence-corrected chi connectivity index (χ0v) is 18.4. The highest BCUT2D eigenvalue weighted by molar-refractivity contribution is 6.38. The van der Waals surface area contributed by atoms with E-state index in [0.717, 1.165) is 33.3 Å². The number of rotatable bonds is 4. The molecule has 0 saturated carbocycles. The second-order valence-corrected chi connectivity index (χ2v) is 8.22. The first-order valence-electron chi connectivity index (χ1n) is 10.2. The van der Waals surface area contributed by atoms with Crippen LogP contribution >= 0.6 is 11.6 Å². The van der Waals surface area contributed by atoms with Crippen LogP contribution in [0.2, 0.25) is 5.15 Å². The van der Waals surface area contributed by atoms with Crippen molar-refractivity contribution in [3.8, 4) is 11.5 Å². The lowest BCUT2D eigenvalue weighted by atomic mass is 10.0. The topological polar surface area (TPSA) is 63.5 Å². The molecule has 0 spiro atoms. The Morgan fingerprint density at radius 3 is 2.66 bits per heavy atom. The second kappa shape index (κ2) is 7.77. The van der Waals surface area contributed by atoms with Crippen LogP contribution in [0.25, 0.3) is 22.6 Å². The van der Waals surface area contributed by atoms with Gasteiger partial charge in [-0.25, -0.2) is 0 Å². The summed E-state index contributed by atoms with van der Waals surface area (Å²) in [6.45, 7) is 2.59. The fourth-order valence-electron chi connectivity index (χ4n) is 4.22. The SMILES string of the molecule is COc1cc2c(/C=C3/C(=O)Nc4ccc(O)cc43)c(Cl)n(Cc3ccccc3)c2cc1C. The van der Waals surface area contributed by atoms with Crippen molar-refractivity contribution in [3.63, 3.8) is 0 Å². The van der Waals surface area contributed by atoms with E-state index in [1.807, 2.05) is 35.8 Å². The maximum absolute atomic E-state index is 12.7. The van der Waals surface area contributed by atoms with Crippen LogP contribution in [0.4, 0.5) is 5.69 Å². The number of anilines is 1. The minimum absolute atomic E-state index is 0.0982. The summed E-state index contributed by atoms with van der Waals surface area (Å²) >= 11 is 6.93. The average Bonchev–Trinajstić information content (AvgIpc) is 3.22. The van der Waals surface area contributed by atoms with E-state index < -0.39 is 0 Å². The molecule has 4 aromatic rings. The van der Waals surface area contributed by atoms with Gasteiger partial charge in [-0.05, 0) is 54.5 Å². The Morgan fingerprint density at radius 1 is 1.12 bits per heavy atom. The van der Waals surface area contributed by atoms with Gasteiger partial charge in [-0.3, -0.25) is 4.79 Å². The smallest absolute Gasteiger partial charge is 0.256 e. The van der Waals surface area contributed by atoms with Crippen LogP contribution < -0.4 is 10.1 Å². The molecule has 0 radical (unpaired) electrons. The van der Waals surface area contributed by atoms with Gasteiger partial charge >= 0.3 is 0 Å². The molecule has 1 aliphatic rings. The largest absolute Gasteiger partial charge is 0.508 e. The van der Waals surface area contributed by atoms with E-state index in [0.29, 0.717) is 28.5 Å². The standard InChI is InChI=1S/C26H21ClN2O3/c1-15-10-23-19(13-24(15)32-2)20(25(27)29(23)14-16-6-4-3-5-7-16)12-21-18-11-17(30)8-9-22(18)28-26(21)31/h3-13,30H,14H2,1-2H3,(H,28,31)/b21-12+. The van der Waals surface area contributed by atoms with Crippen molar-refractivity contribution in [2.75, 3.05) is 12.4 Å². The van der Waals surface area contributed by atoms with Gasteiger partial charge < -0.3 is 19.7 Å². The number of phenols is 1. The van der Waals surface area contributed by atoms with Crippen molar-refractivity contribution in [2.45, 2.75) is 13.5 Å². The van der Waals surface area contributed by atoms with Crippen LogP contribution in [0.5, 0.6) is 11.5 Å². The number of amides is 1. The number of hydrogen-bond acceptors (Lipinski definition) is 3. The van der Waals surface area contributed by atoms with E-state index in [1.165, 1.54) is 0 Å². The summed E-state index contributed by atoms with van der Waals surface area (Å²) in [7, 11) is 1.64. The zero-order chi connectivity index (χ0) is 22.4. The van der Waals surface area contributed by atoms with Crippen LogP contribution in [-0.4, -0.2) is 22.7 Å². The van der Waals surface area contributed by atoms with Crippen molar-refractivity contribution < 1.29 is 14.6 Å². The minimum Gasteiger partial charge on any atom is -0.508 e. The highest BCUT2D eigenvalue weighted by Crippen LogP contribution is 2.40. The summed E-state index contributed by atoms with van der Waals surface area (Å²) in [6.07, 6.45) is 1.79. The maximum Gasteiger partial charge on any atom is 0.256 e. The van der Waals surface area contributed by atoms with Crippen molar-refractivity contribution >= 4 is 45.7 Å². The Morgan fingerprint density at radius 2 is 1.91 bits per heavy atom. The average molecular weight is 445 g/mol. The van der Waals surface area contributed by atoms with Gasteiger partial charge in [0.05, 0.1) is 12.6 Å². The molecule has 0 bridgehead atoms. The first-order valence-corrected chi connectivity index (χ1v) is 10.6. The number of ether oxygens (including phenoxy) is 1. The molecule has 5 rings (SSSR count). The summed E-state index contributed by atoms with van der Waals surface area (Å²) < 4.78 is 7.60. The van der Waals surface area contributed by atoms with Crippen LogP contribution in [-0.2, 0) is 11.3 Å². The van der Waals surface area contributed by atoms with Gasteiger partial charge in [0, 0.05) is 34.3 Å². The number of aryl methyl sites for hydroxylation is 1. The third kappa shape index (κ3) is 3.31. The molecule has 1 aromatic heterocycles. The number of methoxy groups -OCH3 is 1. The van der Waals surface area contributed by atoms with Gasteiger partial charge in [0.15, 0.2) is 0 Å².